The van der Waals surface area contributed by atoms with Gasteiger partial charge in [-0.15, -0.1) is 0 Å². The van der Waals surface area contributed by atoms with Crippen molar-refractivity contribution in [2.45, 2.75) is 25.3 Å². The Bertz CT molecular complexity index is 519. The van der Waals surface area contributed by atoms with Gasteiger partial charge in [-0.3, -0.25) is 0 Å². The molecule has 1 atom stereocenters. The maximum absolute atomic E-state index is 12.0. The number of nitrogens with two attached hydrogens (primary N) is 1. The van der Waals surface area contributed by atoms with Crippen molar-refractivity contribution in [2.75, 3.05) is 19.6 Å². The molecule has 0 aliphatic carbocycles. The molecule has 6 heteroatoms. The molecule has 0 bridgehead atoms. The number of amides is 2. The number of carboxylic acids is 1. The summed E-state index contributed by atoms with van der Waals surface area (Å²) in [4.78, 5) is 24.8. The number of urea groups is 1. The lowest BCUT2D eigenvalue weighted by molar-refractivity contribution is 0.0695. The van der Waals surface area contributed by atoms with Crippen LogP contribution in [-0.4, -0.2) is 47.7 Å². The summed E-state index contributed by atoms with van der Waals surface area (Å²) in [6, 6.07) is 6.76. The maximum Gasteiger partial charge on any atom is 0.335 e. The molecule has 1 saturated heterocycles. The van der Waals surface area contributed by atoms with E-state index in [2.05, 4.69) is 5.32 Å². The third kappa shape index (κ3) is 4.19. The SMILES string of the molecule is NC1CCCN(C(=O)NCCc2ccccc2C(=O)O)C1. The van der Waals surface area contributed by atoms with Gasteiger partial charge in [-0.1, -0.05) is 18.2 Å². The van der Waals surface area contributed by atoms with E-state index in [0.717, 1.165) is 24.9 Å². The van der Waals surface area contributed by atoms with Gasteiger partial charge in [-0.05, 0) is 30.9 Å². The summed E-state index contributed by atoms with van der Waals surface area (Å²) in [6.07, 6.45) is 2.38. The first-order valence-electron chi connectivity index (χ1n) is 7.17. The van der Waals surface area contributed by atoms with Gasteiger partial charge in [0.25, 0.3) is 0 Å². The van der Waals surface area contributed by atoms with E-state index >= 15 is 0 Å². The van der Waals surface area contributed by atoms with Crippen molar-refractivity contribution in [3.8, 4) is 0 Å². The van der Waals surface area contributed by atoms with Crippen LogP contribution in [0.2, 0.25) is 0 Å². The van der Waals surface area contributed by atoms with Crippen LogP contribution in [0.25, 0.3) is 0 Å². The van der Waals surface area contributed by atoms with E-state index in [0.29, 0.717) is 19.5 Å². The van der Waals surface area contributed by atoms with Crippen molar-refractivity contribution in [3.05, 3.63) is 35.4 Å². The molecule has 0 spiro atoms. The number of carbonyl (C=O) groups excluding carboxylic acids is 1. The van der Waals surface area contributed by atoms with Gasteiger partial charge >= 0.3 is 12.0 Å². The number of nitrogens with one attached hydrogen (secondary N) is 1. The van der Waals surface area contributed by atoms with E-state index in [-0.39, 0.29) is 17.6 Å². The van der Waals surface area contributed by atoms with Crippen molar-refractivity contribution < 1.29 is 14.7 Å². The van der Waals surface area contributed by atoms with Crippen LogP contribution in [-0.2, 0) is 6.42 Å². The molecule has 0 aromatic heterocycles. The molecule has 1 aromatic carbocycles. The summed E-state index contributed by atoms with van der Waals surface area (Å²) >= 11 is 0. The van der Waals surface area contributed by atoms with Crippen LogP contribution in [0.15, 0.2) is 24.3 Å². The second kappa shape index (κ2) is 7.08. The smallest absolute Gasteiger partial charge is 0.335 e. The predicted molar refractivity (Wildman–Crippen MR) is 79.3 cm³/mol. The van der Waals surface area contributed by atoms with Crippen LogP contribution in [0.3, 0.4) is 0 Å². The van der Waals surface area contributed by atoms with Gasteiger partial charge in [0.15, 0.2) is 0 Å². The molecular weight excluding hydrogens is 270 g/mol. The molecular formula is C15H21N3O3. The van der Waals surface area contributed by atoms with E-state index in [1.54, 1.807) is 29.2 Å². The summed E-state index contributed by atoms with van der Waals surface area (Å²) in [5, 5.41) is 11.9. The van der Waals surface area contributed by atoms with Gasteiger partial charge in [0.05, 0.1) is 5.56 Å². The predicted octanol–water partition coefficient (Wildman–Crippen LogP) is 1.06. The van der Waals surface area contributed by atoms with Crippen molar-refractivity contribution >= 4 is 12.0 Å². The molecule has 0 radical (unpaired) electrons. The zero-order valence-corrected chi connectivity index (χ0v) is 11.9. The van der Waals surface area contributed by atoms with Crippen LogP contribution >= 0.6 is 0 Å². The number of likely N-dealkylation sites (tertiary alicyclic amines) is 1. The highest BCUT2D eigenvalue weighted by Gasteiger charge is 2.20. The maximum atomic E-state index is 12.0. The fourth-order valence-electron chi connectivity index (χ4n) is 2.56. The molecule has 2 rings (SSSR count). The molecule has 114 valence electrons. The third-order valence-electron chi connectivity index (χ3n) is 3.66. The number of hydrogen-bond donors (Lipinski definition) is 3. The molecule has 0 saturated carbocycles. The Morgan fingerprint density at radius 3 is 2.86 bits per heavy atom. The first kappa shape index (κ1) is 15.3. The highest BCUT2D eigenvalue weighted by Crippen LogP contribution is 2.10. The Morgan fingerprint density at radius 1 is 1.38 bits per heavy atom. The average molecular weight is 291 g/mol. The Labute approximate surface area is 123 Å². The third-order valence-corrected chi connectivity index (χ3v) is 3.66. The summed E-state index contributed by atoms with van der Waals surface area (Å²) in [5.41, 5.74) is 6.86. The normalized spacial score (nSPS) is 18.3. The molecule has 4 N–H and O–H groups in total. The summed E-state index contributed by atoms with van der Waals surface area (Å²) in [6.45, 7) is 1.72. The minimum Gasteiger partial charge on any atom is -0.478 e. The lowest BCUT2D eigenvalue weighted by atomic mass is 10.0. The van der Waals surface area contributed by atoms with Crippen LogP contribution in [0, 0.1) is 0 Å². The Morgan fingerprint density at radius 2 is 2.14 bits per heavy atom. The van der Waals surface area contributed by atoms with Crippen LogP contribution in [0.1, 0.15) is 28.8 Å². The van der Waals surface area contributed by atoms with Crippen molar-refractivity contribution in [2.24, 2.45) is 5.73 Å². The summed E-state index contributed by atoms with van der Waals surface area (Å²) in [5.74, 6) is -0.945. The second-order valence-electron chi connectivity index (χ2n) is 5.29. The average Bonchev–Trinajstić information content (AvgIpc) is 2.47. The number of carbonyl (C=O) groups is 2. The van der Waals surface area contributed by atoms with Gasteiger partial charge < -0.3 is 21.1 Å². The molecule has 1 heterocycles. The quantitative estimate of drug-likeness (QED) is 0.773. The van der Waals surface area contributed by atoms with E-state index < -0.39 is 5.97 Å². The summed E-state index contributed by atoms with van der Waals surface area (Å²) in [7, 11) is 0. The number of hydrogen-bond acceptors (Lipinski definition) is 3. The van der Waals surface area contributed by atoms with Gasteiger partial charge in [0.1, 0.15) is 0 Å². The second-order valence-corrected chi connectivity index (χ2v) is 5.29. The Hall–Kier alpha value is -2.08. The first-order valence-corrected chi connectivity index (χ1v) is 7.17. The van der Waals surface area contributed by atoms with Crippen molar-refractivity contribution in [1.82, 2.24) is 10.2 Å². The molecule has 1 unspecified atom stereocenters. The fourth-order valence-corrected chi connectivity index (χ4v) is 2.56. The largest absolute Gasteiger partial charge is 0.478 e. The van der Waals surface area contributed by atoms with Crippen LogP contribution < -0.4 is 11.1 Å². The minimum absolute atomic E-state index is 0.0530. The number of carboxylic acid groups (broad SMARTS) is 1. The van der Waals surface area contributed by atoms with Crippen molar-refractivity contribution in [3.63, 3.8) is 0 Å². The van der Waals surface area contributed by atoms with Gasteiger partial charge in [-0.2, -0.15) is 0 Å². The molecule has 6 nitrogen and oxygen atoms in total. The number of aromatic carboxylic acids is 1. The van der Waals surface area contributed by atoms with Crippen molar-refractivity contribution in [1.29, 1.82) is 0 Å². The van der Waals surface area contributed by atoms with E-state index in [1.807, 2.05) is 0 Å². The van der Waals surface area contributed by atoms with E-state index in [4.69, 9.17) is 10.8 Å². The first-order chi connectivity index (χ1) is 10.1. The van der Waals surface area contributed by atoms with Gasteiger partial charge in [0, 0.05) is 25.7 Å². The molecule has 1 aliphatic rings. The van der Waals surface area contributed by atoms with Gasteiger partial charge in [-0.25, -0.2) is 9.59 Å². The summed E-state index contributed by atoms with van der Waals surface area (Å²) < 4.78 is 0. The molecule has 1 aromatic rings. The molecule has 2 amide bonds. The molecule has 21 heavy (non-hydrogen) atoms. The topological polar surface area (TPSA) is 95.7 Å². The zero-order valence-electron chi connectivity index (χ0n) is 11.9. The van der Waals surface area contributed by atoms with Crippen LogP contribution in [0.4, 0.5) is 4.79 Å². The van der Waals surface area contributed by atoms with Crippen LogP contribution in [0.5, 0.6) is 0 Å². The number of nitrogens with zero attached hydrogens (tertiary/aromatic N) is 1. The number of benzene rings is 1. The lowest BCUT2D eigenvalue weighted by Crippen LogP contribution is -2.49. The number of piperidine rings is 1. The van der Waals surface area contributed by atoms with E-state index in [1.165, 1.54) is 0 Å². The highest BCUT2D eigenvalue weighted by molar-refractivity contribution is 5.89. The van der Waals surface area contributed by atoms with Gasteiger partial charge in [0.2, 0.25) is 0 Å². The molecule has 1 fully saturated rings. The highest BCUT2D eigenvalue weighted by atomic mass is 16.4. The molecule has 1 aliphatic heterocycles. The zero-order chi connectivity index (χ0) is 15.2. The Kier molecular flexibility index (Phi) is 5.16. The monoisotopic (exact) mass is 291 g/mol. The van der Waals surface area contributed by atoms with E-state index in [9.17, 15) is 9.59 Å². The lowest BCUT2D eigenvalue weighted by Gasteiger charge is -2.30. The fraction of sp³-hybridized carbons (Fsp3) is 0.467. The minimum atomic E-state index is -0.945. The standard InChI is InChI=1S/C15H21N3O3/c16-12-5-3-9-18(10-12)15(21)17-8-7-11-4-1-2-6-13(11)14(19)20/h1-2,4,6,12H,3,5,7-10,16H2,(H,17,21)(H,19,20). The Balaban J connectivity index is 1.84. The number of rotatable bonds is 4.